The molecule has 1 aliphatic heterocycles. The van der Waals surface area contributed by atoms with Crippen LogP contribution in [0.4, 0.5) is 4.39 Å². The minimum atomic E-state index is -0.506. The van der Waals surface area contributed by atoms with Crippen LogP contribution in [0.25, 0.3) is 0 Å². The van der Waals surface area contributed by atoms with Crippen molar-refractivity contribution < 1.29 is 13.9 Å². The molecule has 2 aromatic rings. The highest BCUT2D eigenvalue weighted by Gasteiger charge is 2.28. The second kappa shape index (κ2) is 7.98. The monoisotopic (exact) mass is 353 g/mol. The summed E-state index contributed by atoms with van der Waals surface area (Å²) >= 11 is 0. The van der Waals surface area contributed by atoms with E-state index in [0.29, 0.717) is 26.2 Å². The number of benzene rings is 2. The number of halogens is 1. The molecule has 2 aromatic carbocycles. The third kappa shape index (κ3) is 3.68. The smallest absolute Gasteiger partial charge is 0.256 e. The Hall–Kier alpha value is -2.91. The Morgan fingerprint density at radius 1 is 1.12 bits per heavy atom. The number of nitriles is 1. The van der Waals surface area contributed by atoms with E-state index in [9.17, 15) is 14.4 Å². The molecule has 0 N–H and O–H groups in total. The zero-order chi connectivity index (χ0) is 18.5. The minimum Gasteiger partial charge on any atom is -0.497 e. The Bertz CT molecular complexity index is 809. The van der Waals surface area contributed by atoms with Crippen LogP contribution >= 0.6 is 0 Å². The molecular weight excluding hydrogens is 333 g/mol. The number of nitrogens with zero attached hydrogens (tertiary/aromatic N) is 3. The van der Waals surface area contributed by atoms with Gasteiger partial charge in [0.05, 0.1) is 18.7 Å². The fourth-order valence-corrected chi connectivity index (χ4v) is 3.14. The zero-order valence-electron chi connectivity index (χ0n) is 14.6. The summed E-state index contributed by atoms with van der Waals surface area (Å²) in [5.74, 6) is -0.0699. The first-order valence-electron chi connectivity index (χ1n) is 8.45. The number of carbonyl (C=O) groups is 1. The second-order valence-electron chi connectivity index (χ2n) is 6.11. The van der Waals surface area contributed by atoms with Gasteiger partial charge in [0, 0.05) is 26.2 Å². The maximum Gasteiger partial charge on any atom is 0.256 e. The second-order valence-corrected chi connectivity index (χ2v) is 6.11. The van der Waals surface area contributed by atoms with Crippen LogP contribution in [0.3, 0.4) is 0 Å². The van der Waals surface area contributed by atoms with Crippen molar-refractivity contribution in [3.63, 3.8) is 0 Å². The summed E-state index contributed by atoms with van der Waals surface area (Å²) in [7, 11) is 1.60. The highest BCUT2D eigenvalue weighted by Crippen LogP contribution is 2.24. The van der Waals surface area contributed by atoms with Crippen molar-refractivity contribution in [2.45, 2.75) is 6.04 Å². The third-order valence-corrected chi connectivity index (χ3v) is 4.62. The lowest BCUT2D eigenvalue weighted by molar-refractivity contribution is 0.0602. The van der Waals surface area contributed by atoms with Gasteiger partial charge >= 0.3 is 0 Å². The molecule has 1 fully saturated rings. The van der Waals surface area contributed by atoms with Crippen LogP contribution in [0, 0.1) is 17.1 Å². The summed E-state index contributed by atoms with van der Waals surface area (Å²) in [5.41, 5.74) is 0.982. The first-order valence-corrected chi connectivity index (χ1v) is 8.45. The Balaban J connectivity index is 1.66. The van der Waals surface area contributed by atoms with Crippen LogP contribution in [-0.4, -0.2) is 49.0 Å². The summed E-state index contributed by atoms with van der Waals surface area (Å²) in [5, 5.41) is 9.59. The number of piperazine rings is 1. The number of carbonyl (C=O) groups excluding carboxylic acids is 1. The number of ether oxygens (including phenoxy) is 1. The van der Waals surface area contributed by atoms with E-state index < -0.39 is 5.82 Å². The molecule has 6 heteroatoms. The standard InChI is InChI=1S/C20H20FN3O2/c1-26-16-8-6-15(7-9-16)19(14-22)23-10-12-24(13-11-23)20(25)17-4-2-3-5-18(17)21/h2-9,19H,10-13H2,1H3. The molecule has 0 radical (unpaired) electrons. The molecule has 1 atom stereocenters. The Kier molecular flexibility index (Phi) is 5.49. The molecule has 1 unspecified atom stereocenters. The van der Waals surface area contributed by atoms with Gasteiger partial charge in [0.25, 0.3) is 5.91 Å². The largest absolute Gasteiger partial charge is 0.497 e. The van der Waals surface area contributed by atoms with Crippen molar-refractivity contribution in [2.24, 2.45) is 0 Å². The predicted molar refractivity (Wildman–Crippen MR) is 95.2 cm³/mol. The Morgan fingerprint density at radius 3 is 2.35 bits per heavy atom. The predicted octanol–water partition coefficient (Wildman–Crippen LogP) is 2.86. The molecule has 1 saturated heterocycles. The molecule has 3 rings (SSSR count). The van der Waals surface area contributed by atoms with Crippen LogP contribution in [-0.2, 0) is 0 Å². The van der Waals surface area contributed by atoms with Crippen LogP contribution in [0.1, 0.15) is 22.0 Å². The van der Waals surface area contributed by atoms with E-state index in [1.54, 1.807) is 24.1 Å². The van der Waals surface area contributed by atoms with Gasteiger partial charge in [-0.3, -0.25) is 9.69 Å². The molecule has 1 aliphatic rings. The number of hydrogen-bond acceptors (Lipinski definition) is 4. The van der Waals surface area contributed by atoms with Crippen molar-refractivity contribution in [1.82, 2.24) is 9.80 Å². The average molecular weight is 353 g/mol. The van der Waals surface area contributed by atoms with Gasteiger partial charge in [0.15, 0.2) is 0 Å². The summed E-state index contributed by atoms with van der Waals surface area (Å²) in [4.78, 5) is 16.2. The molecule has 0 aromatic heterocycles. The first-order chi connectivity index (χ1) is 12.6. The van der Waals surface area contributed by atoms with Gasteiger partial charge in [-0.15, -0.1) is 0 Å². The summed E-state index contributed by atoms with van der Waals surface area (Å²) in [6.07, 6.45) is 0. The summed E-state index contributed by atoms with van der Waals surface area (Å²) in [6.45, 7) is 2.04. The molecule has 26 heavy (non-hydrogen) atoms. The van der Waals surface area contributed by atoms with Crippen LogP contribution < -0.4 is 4.74 Å². The van der Waals surface area contributed by atoms with Crippen molar-refractivity contribution in [2.75, 3.05) is 33.3 Å². The quantitative estimate of drug-likeness (QED) is 0.848. The van der Waals surface area contributed by atoms with Gasteiger partial charge in [-0.2, -0.15) is 5.26 Å². The maximum absolute atomic E-state index is 13.8. The highest BCUT2D eigenvalue weighted by atomic mass is 19.1. The van der Waals surface area contributed by atoms with Gasteiger partial charge in [-0.1, -0.05) is 24.3 Å². The number of amides is 1. The molecule has 5 nitrogen and oxygen atoms in total. The molecule has 0 bridgehead atoms. The zero-order valence-corrected chi connectivity index (χ0v) is 14.6. The molecule has 1 heterocycles. The van der Waals surface area contributed by atoms with Gasteiger partial charge in [0.1, 0.15) is 17.6 Å². The molecular formula is C20H20FN3O2. The van der Waals surface area contributed by atoms with Crippen LogP contribution in [0.2, 0.25) is 0 Å². The summed E-state index contributed by atoms with van der Waals surface area (Å²) < 4.78 is 19.0. The van der Waals surface area contributed by atoms with Crippen LogP contribution in [0.15, 0.2) is 48.5 Å². The highest BCUT2D eigenvalue weighted by molar-refractivity contribution is 5.94. The molecule has 0 spiro atoms. The number of hydrogen-bond donors (Lipinski definition) is 0. The lowest BCUT2D eigenvalue weighted by Gasteiger charge is -2.37. The van der Waals surface area contributed by atoms with E-state index in [4.69, 9.17) is 4.74 Å². The molecule has 134 valence electrons. The van der Waals surface area contributed by atoms with E-state index in [1.165, 1.54) is 12.1 Å². The van der Waals surface area contributed by atoms with E-state index in [1.807, 2.05) is 29.2 Å². The molecule has 0 aliphatic carbocycles. The molecule has 0 saturated carbocycles. The topological polar surface area (TPSA) is 56.6 Å². The van der Waals surface area contributed by atoms with Crippen molar-refractivity contribution >= 4 is 5.91 Å². The van der Waals surface area contributed by atoms with Crippen molar-refractivity contribution in [3.05, 3.63) is 65.5 Å². The summed E-state index contributed by atoms with van der Waals surface area (Å²) in [6, 6.07) is 15.4. The van der Waals surface area contributed by atoms with E-state index in [-0.39, 0.29) is 17.5 Å². The SMILES string of the molecule is COc1ccc(C(C#N)N2CCN(C(=O)c3ccccc3F)CC2)cc1. The average Bonchev–Trinajstić information content (AvgIpc) is 2.69. The van der Waals surface area contributed by atoms with E-state index in [0.717, 1.165) is 11.3 Å². The van der Waals surface area contributed by atoms with Gasteiger partial charge in [0.2, 0.25) is 0 Å². The third-order valence-electron chi connectivity index (χ3n) is 4.62. The first kappa shape index (κ1) is 17.9. The van der Waals surface area contributed by atoms with E-state index >= 15 is 0 Å². The number of methoxy groups -OCH3 is 1. The fraction of sp³-hybridized carbons (Fsp3) is 0.300. The van der Waals surface area contributed by atoms with Gasteiger partial charge in [-0.05, 0) is 29.8 Å². The Morgan fingerprint density at radius 2 is 1.77 bits per heavy atom. The fourth-order valence-electron chi connectivity index (χ4n) is 3.14. The molecule has 1 amide bonds. The maximum atomic E-state index is 13.8. The van der Waals surface area contributed by atoms with Crippen LogP contribution in [0.5, 0.6) is 5.75 Å². The van der Waals surface area contributed by atoms with Crippen molar-refractivity contribution in [3.8, 4) is 11.8 Å². The van der Waals surface area contributed by atoms with E-state index in [2.05, 4.69) is 6.07 Å². The van der Waals surface area contributed by atoms with Crippen molar-refractivity contribution in [1.29, 1.82) is 5.26 Å². The van der Waals surface area contributed by atoms with Gasteiger partial charge in [-0.25, -0.2) is 4.39 Å². The lowest BCUT2D eigenvalue weighted by atomic mass is 10.1. The Labute approximate surface area is 152 Å². The van der Waals surface area contributed by atoms with Gasteiger partial charge < -0.3 is 9.64 Å². The number of rotatable bonds is 4. The normalized spacial score (nSPS) is 16.0. The lowest BCUT2D eigenvalue weighted by Crippen LogP contribution is -2.49. The minimum absolute atomic E-state index is 0.0907.